The van der Waals surface area contributed by atoms with Crippen molar-refractivity contribution >= 4 is 11.7 Å². The van der Waals surface area contributed by atoms with Crippen LogP contribution in [-0.4, -0.2) is 28.8 Å². The van der Waals surface area contributed by atoms with Crippen LogP contribution in [0.25, 0.3) is 0 Å². The Balaban J connectivity index is 1.91. The first-order valence-corrected chi connectivity index (χ1v) is 9.46. The Morgan fingerprint density at radius 2 is 1.68 bits per heavy atom. The molecular formula is C22H24N4O2. The lowest BCUT2D eigenvalue weighted by Gasteiger charge is -2.33. The number of carbonyl (C=O) groups excluding carboxylic acids is 1. The highest BCUT2D eigenvalue weighted by Crippen LogP contribution is 2.34. The van der Waals surface area contributed by atoms with Gasteiger partial charge in [0.2, 0.25) is 0 Å². The second kappa shape index (κ2) is 7.22. The quantitative estimate of drug-likeness (QED) is 0.712. The van der Waals surface area contributed by atoms with Crippen LogP contribution in [0.1, 0.15) is 35.3 Å². The van der Waals surface area contributed by atoms with Crippen molar-refractivity contribution in [2.45, 2.75) is 32.5 Å². The highest BCUT2D eigenvalue weighted by Gasteiger charge is 2.41. The zero-order valence-electron chi connectivity index (χ0n) is 16.3. The molecule has 3 unspecified atom stereocenters. The van der Waals surface area contributed by atoms with E-state index in [1.165, 1.54) is 0 Å². The van der Waals surface area contributed by atoms with Crippen molar-refractivity contribution in [3.8, 4) is 0 Å². The fourth-order valence-corrected chi connectivity index (χ4v) is 4.03. The van der Waals surface area contributed by atoms with E-state index in [1.54, 1.807) is 18.9 Å². The maximum absolute atomic E-state index is 13.3. The molecule has 144 valence electrons. The number of fused-ring (bicyclic) bond motifs is 1. The molecule has 2 heterocycles. The number of hydrogen-bond donors (Lipinski definition) is 1. The zero-order valence-corrected chi connectivity index (χ0v) is 16.3. The Labute approximate surface area is 164 Å². The molecule has 0 radical (unpaired) electrons. The topological polar surface area (TPSA) is 65.6 Å². The summed E-state index contributed by atoms with van der Waals surface area (Å²) in [5.41, 5.74) is 3.59. The molecule has 1 N–H and O–H groups in total. The summed E-state index contributed by atoms with van der Waals surface area (Å²) in [5.74, 6) is 0.511. The number of hydroxylamine groups is 2. The van der Waals surface area contributed by atoms with E-state index in [1.807, 2.05) is 72.3 Å². The van der Waals surface area contributed by atoms with E-state index in [0.29, 0.717) is 12.4 Å². The summed E-state index contributed by atoms with van der Waals surface area (Å²) in [4.78, 5) is 14.6. The molecule has 2 aromatic carbocycles. The molecule has 6 heteroatoms. The predicted octanol–water partition coefficient (Wildman–Crippen LogP) is 2.08. The average molecular weight is 376 g/mol. The molecule has 3 aromatic rings. The number of rotatable bonds is 3. The van der Waals surface area contributed by atoms with Gasteiger partial charge in [-0.3, -0.25) is 9.69 Å². The standard InChI is InChI=1S/C22H24N4O2/c1-15-19-20(18-12-8-5-9-13-18)26(28)16(2)22(27)24(3)21(19)25(23-15)14-17-10-6-4-7-11-17/h4-13,16,20,26H,14H2,1-3H3. The highest BCUT2D eigenvalue weighted by molar-refractivity contribution is 5.96. The van der Waals surface area contributed by atoms with Gasteiger partial charge in [-0.25, -0.2) is 4.68 Å². The summed E-state index contributed by atoms with van der Waals surface area (Å²) in [6.45, 7) is 4.16. The van der Waals surface area contributed by atoms with E-state index in [9.17, 15) is 10.0 Å². The van der Waals surface area contributed by atoms with Gasteiger partial charge in [0.25, 0.3) is 5.91 Å². The minimum absolute atomic E-state index is 0.0795. The summed E-state index contributed by atoms with van der Waals surface area (Å²) in [5, 5.41) is 17.9. The molecule has 0 spiro atoms. The monoisotopic (exact) mass is 376 g/mol. The van der Waals surface area contributed by atoms with Crippen molar-refractivity contribution in [1.29, 1.82) is 0 Å². The van der Waals surface area contributed by atoms with Gasteiger partial charge in [-0.2, -0.15) is 5.10 Å². The van der Waals surface area contributed by atoms with Crippen LogP contribution in [-0.2, 0) is 11.3 Å². The third-order valence-corrected chi connectivity index (χ3v) is 5.47. The van der Waals surface area contributed by atoms with Gasteiger partial charge < -0.3 is 10.3 Å². The van der Waals surface area contributed by atoms with Gasteiger partial charge in [-0.15, -0.1) is 0 Å². The van der Waals surface area contributed by atoms with E-state index in [-0.39, 0.29) is 11.0 Å². The third-order valence-electron chi connectivity index (χ3n) is 5.47. The minimum atomic E-state index is -0.702. The number of hydrogen-bond acceptors (Lipinski definition) is 3. The van der Waals surface area contributed by atoms with Crippen LogP contribution >= 0.6 is 0 Å². The maximum Gasteiger partial charge on any atom is 0.286 e. The predicted molar refractivity (Wildman–Crippen MR) is 108 cm³/mol. The average Bonchev–Trinajstić information content (AvgIpc) is 3.00. The Hall–Kier alpha value is -2.96. The summed E-state index contributed by atoms with van der Waals surface area (Å²) in [6, 6.07) is 18.5. The maximum atomic E-state index is 13.3. The zero-order chi connectivity index (χ0) is 19.8. The van der Waals surface area contributed by atoms with Gasteiger partial charge >= 0.3 is 0 Å². The Morgan fingerprint density at radius 1 is 1.07 bits per heavy atom. The molecule has 28 heavy (non-hydrogen) atoms. The van der Waals surface area contributed by atoms with E-state index in [0.717, 1.165) is 22.4 Å². The Bertz CT molecular complexity index is 985. The molecule has 6 nitrogen and oxygen atoms in total. The van der Waals surface area contributed by atoms with Gasteiger partial charge in [-0.1, -0.05) is 60.7 Å². The summed E-state index contributed by atoms with van der Waals surface area (Å²) >= 11 is 0. The fraction of sp³-hybridized carbons (Fsp3) is 0.273. The van der Waals surface area contributed by atoms with Gasteiger partial charge in [0.05, 0.1) is 17.8 Å². The van der Waals surface area contributed by atoms with Gasteiger partial charge in [0.15, 0.2) is 6.04 Å². The molecule has 0 aliphatic carbocycles. The number of nitrogens with zero attached hydrogens (tertiary/aromatic N) is 3. The van der Waals surface area contributed by atoms with Crippen molar-refractivity contribution < 1.29 is 9.86 Å². The van der Waals surface area contributed by atoms with Gasteiger partial charge in [0, 0.05) is 12.6 Å². The van der Waals surface area contributed by atoms with Crippen molar-refractivity contribution in [1.82, 2.24) is 9.78 Å². The first-order valence-electron chi connectivity index (χ1n) is 9.46. The normalized spacial score (nSPS) is 22.1. The number of aromatic nitrogens is 2. The van der Waals surface area contributed by atoms with Crippen molar-refractivity contribution in [3.05, 3.63) is 88.3 Å². The number of nitrogens with one attached hydrogen (secondary N) is 1. The minimum Gasteiger partial charge on any atom is -0.633 e. The fourth-order valence-electron chi connectivity index (χ4n) is 4.03. The highest BCUT2D eigenvalue weighted by atomic mass is 16.5. The van der Waals surface area contributed by atoms with Crippen LogP contribution in [0, 0.1) is 12.1 Å². The summed E-state index contributed by atoms with van der Waals surface area (Å²) in [7, 11) is 1.74. The molecular weight excluding hydrogens is 352 g/mol. The van der Waals surface area contributed by atoms with E-state index in [4.69, 9.17) is 5.10 Å². The summed E-state index contributed by atoms with van der Waals surface area (Å²) in [6.07, 6.45) is 0. The molecule has 0 fully saturated rings. The van der Waals surface area contributed by atoms with Crippen molar-refractivity contribution in [2.24, 2.45) is 0 Å². The van der Waals surface area contributed by atoms with Crippen molar-refractivity contribution in [3.63, 3.8) is 0 Å². The molecule has 4 rings (SSSR count). The Kier molecular flexibility index (Phi) is 4.75. The summed E-state index contributed by atoms with van der Waals surface area (Å²) < 4.78 is 1.85. The van der Waals surface area contributed by atoms with Crippen LogP contribution in [0.3, 0.4) is 0 Å². The lowest BCUT2D eigenvalue weighted by molar-refractivity contribution is -0.889. The molecule has 1 amide bonds. The van der Waals surface area contributed by atoms with Crippen LogP contribution in [0.15, 0.2) is 60.7 Å². The molecule has 0 saturated heterocycles. The Morgan fingerprint density at radius 3 is 2.32 bits per heavy atom. The van der Waals surface area contributed by atoms with Crippen molar-refractivity contribution in [2.75, 3.05) is 11.9 Å². The van der Waals surface area contributed by atoms with Crippen LogP contribution < -0.4 is 9.96 Å². The molecule has 1 aliphatic rings. The number of likely N-dealkylation sites (N-methyl/N-ethyl adjacent to an activating group) is 1. The molecule has 0 bridgehead atoms. The van der Waals surface area contributed by atoms with E-state index < -0.39 is 12.1 Å². The van der Waals surface area contributed by atoms with Gasteiger partial charge in [0.1, 0.15) is 11.9 Å². The molecule has 1 aromatic heterocycles. The van der Waals surface area contributed by atoms with Gasteiger partial charge in [-0.05, 0) is 19.4 Å². The number of carbonyl (C=O) groups is 1. The third kappa shape index (κ3) is 3.00. The number of amides is 1. The SMILES string of the molecule is Cc1nn(Cc2ccccc2)c2c1C(c1ccccc1)[NH+]([O-])C(C)C(=O)N2C. The lowest BCUT2D eigenvalue weighted by atomic mass is 9.97. The van der Waals surface area contributed by atoms with E-state index >= 15 is 0 Å². The van der Waals surface area contributed by atoms with E-state index in [2.05, 4.69) is 0 Å². The number of benzene rings is 2. The molecule has 0 saturated carbocycles. The second-order valence-electron chi connectivity index (χ2n) is 7.33. The van der Waals surface area contributed by atoms with Crippen LogP contribution in [0.5, 0.6) is 0 Å². The first kappa shape index (κ1) is 18.4. The first-order chi connectivity index (χ1) is 13.5. The number of aryl methyl sites for hydroxylation is 1. The van der Waals surface area contributed by atoms with Crippen LogP contribution in [0.4, 0.5) is 5.82 Å². The largest absolute Gasteiger partial charge is 0.633 e. The number of quaternary nitrogens is 1. The van der Waals surface area contributed by atoms with Crippen LogP contribution in [0.2, 0.25) is 0 Å². The lowest BCUT2D eigenvalue weighted by Crippen LogP contribution is -3.12. The molecule has 3 atom stereocenters. The second-order valence-corrected chi connectivity index (χ2v) is 7.33. The number of anilines is 1. The molecule has 1 aliphatic heterocycles. The smallest absolute Gasteiger partial charge is 0.286 e.